The van der Waals surface area contributed by atoms with Crippen LogP contribution in [0.5, 0.6) is 0 Å². The Labute approximate surface area is 184 Å². The molecule has 7 nitrogen and oxygen atoms in total. The fourth-order valence-corrected chi connectivity index (χ4v) is 5.97. The SMILES string of the molecule is CCN1CCc2ccc(NC(=O)c3cccc(S(=O)(=O)N4CC(C)OC(C)C4)c3)cc21. The lowest BCUT2D eigenvalue weighted by molar-refractivity contribution is -0.0440. The number of ether oxygens (including phenoxy) is 1. The van der Waals surface area contributed by atoms with Crippen LogP contribution in [0.15, 0.2) is 47.4 Å². The van der Waals surface area contributed by atoms with Crippen LogP contribution in [-0.2, 0) is 21.2 Å². The van der Waals surface area contributed by atoms with E-state index in [1.54, 1.807) is 12.1 Å². The summed E-state index contributed by atoms with van der Waals surface area (Å²) in [5.41, 5.74) is 3.44. The number of carbonyl (C=O) groups is 1. The second-order valence-corrected chi connectivity index (χ2v) is 10.2. The molecule has 2 aromatic rings. The quantitative estimate of drug-likeness (QED) is 0.768. The molecule has 2 aliphatic rings. The maximum absolute atomic E-state index is 13.1. The van der Waals surface area contributed by atoms with Crippen LogP contribution in [0, 0.1) is 0 Å². The Morgan fingerprint density at radius 3 is 2.58 bits per heavy atom. The molecule has 2 heterocycles. The van der Waals surface area contributed by atoms with Crippen molar-refractivity contribution in [3.05, 3.63) is 53.6 Å². The number of hydrogen-bond donors (Lipinski definition) is 1. The maximum atomic E-state index is 13.1. The van der Waals surface area contributed by atoms with E-state index in [0.717, 1.165) is 25.2 Å². The highest BCUT2D eigenvalue weighted by atomic mass is 32.2. The van der Waals surface area contributed by atoms with Crippen molar-refractivity contribution in [1.82, 2.24) is 4.31 Å². The van der Waals surface area contributed by atoms with E-state index in [4.69, 9.17) is 4.74 Å². The molecule has 2 atom stereocenters. The van der Waals surface area contributed by atoms with Gasteiger partial charge in [-0.05, 0) is 63.1 Å². The van der Waals surface area contributed by atoms with Crippen LogP contribution >= 0.6 is 0 Å². The second kappa shape index (κ2) is 8.61. The molecule has 0 spiro atoms. The monoisotopic (exact) mass is 443 g/mol. The zero-order valence-corrected chi connectivity index (χ0v) is 19.0. The summed E-state index contributed by atoms with van der Waals surface area (Å²) in [5.74, 6) is -0.332. The molecule has 2 aliphatic heterocycles. The summed E-state index contributed by atoms with van der Waals surface area (Å²) in [6.45, 7) is 8.34. The molecule has 0 aromatic heterocycles. The van der Waals surface area contributed by atoms with E-state index in [1.807, 2.05) is 32.0 Å². The average molecular weight is 444 g/mol. The van der Waals surface area contributed by atoms with E-state index in [1.165, 1.54) is 22.0 Å². The highest BCUT2D eigenvalue weighted by molar-refractivity contribution is 7.89. The summed E-state index contributed by atoms with van der Waals surface area (Å²) in [7, 11) is -3.71. The van der Waals surface area contributed by atoms with Crippen molar-refractivity contribution < 1.29 is 17.9 Å². The number of nitrogens with zero attached hydrogens (tertiary/aromatic N) is 2. The van der Waals surface area contributed by atoms with Crippen LogP contribution in [0.4, 0.5) is 11.4 Å². The normalized spacial score (nSPS) is 21.7. The van der Waals surface area contributed by atoms with Crippen molar-refractivity contribution in [2.75, 3.05) is 36.4 Å². The topological polar surface area (TPSA) is 79.0 Å². The molecule has 0 aliphatic carbocycles. The number of hydrogen-bond acceptors (Lipinski definition) is 5. The van der Waals surface area contributed by atoms with Gasteiger partial charge in [-0.3, -0.25) is 4.79 Å². The van der Waals surface area contributed by atoms with E-state index in [0.29, 0.717) is 24.3 Å². The molecule has 1 amide bonds. The predicted molar refractivity (Wildman–Crippen MR) is 121 cm³/mol. The largest absolute Gasteiger partial charge is 0.373 e. The fraction of sp³-hybridized carbons (Fsp3) is 0.435. The van der Waals surface area contributed by atoms with Crippen molar-refractivity contribution in [3.63, 3.8) is 0 Å². The summed E-state index contributed by atoms with van der Waals surface area (Å²) in [6.07, 6.45) is 0.663. The Hall–Kier alpha value is -2.42. The summed E-state index contributed by atoms with van der Waals surface area (Å²) in [5, 5.41) is 2.91. The number of morpholine rings is 1. The lowest BCUT2D eigenvalue weighted by atomic mass is 10.1. The molecule has 0 bridgehead atoms. The zero-order valence-electron chi connectivity index (χ0n) is 18.2. The van der Waals surface area contributed by atoms with Gasteiger partial charge in [-0.15, -0.1) is 0 Å². The number of likely N-dealkylation sites (N-methyl/N-ethyl adjacent to an activating group) is 1. The standard InChI is InChI=1S/C23H29N3O4S/c1-4-25-11-10-18-8-9-20(13-22(18)25)24-23(27)19-6-5-7-21(12-19)31(28,29)26-14-16(2)30-17(3)15-26/h5-9,12-13,16-17H,4,10-11,14-15H2,1-3H3,(H,24,27). The molecular weight excluding hydrogens is 414 g/mol. The number of benzene rings is 2. The van der Waals surface area contributed by atoms with Crippen LogP contribution in [0.3, 0.4) is 0 Å². The Morgan fingerprint density at radius 1 is 1.13 bits per heavy atom. The molecule has 0 saturated carbocycles. The summed E-state index contributed by atoms with van der Waals surface area (Å²) in [6, 6.07) is 12.1. The van der Waals surface area contributed by atoms with Crippen molar-refractivity contribution >= 4 is 27.3 Å². The van der Waals surface area contributed by atoms with Crippen molar-refractivity contribution in [1.29, 1.82) is 0 Å². The molecule has 166 valence electrons. The van der Waals surface area contributed by atoms with E-state index in [-0.39, 0.29) is 23.0 Å². The Bertz CT molecular complexity index is 1080. The fourth-order valence-electron chi connectivity index (χ4n) is 4.33. The smallest absolute Gasteiger partial charge is 0.255 e. The van der Waals surface area contributed by atoms with E-state index >= 15 is 0 Å². The van der Waals surface area contributed by atoms with Crippen LogP contribution in [-0.4, -0.2) is 57.0 Å². The van der Waals surface area contributed by atoms with Crippen molar-refractivity contribution in [2.24, 2.45) is 0 Å². The first-order valence-corrected chi connectivity index (χ1v) is 12.2. The Kier molecular flexibility index (Phi) is 6.05. The molecule has 8 heteroatoms. The number of carbonyl (C=O) groups excluding carboxylic acids is 1. The van der Waals surface area contributed by atoms with E-state index < -0.39 is 10.0 Å². The van der Waals surface area contributed by atoms with Crippen LogP contribution in [0.1, 0.15) is 36.7 Å². The first-order valence-electron chi connectivity index (χ1n) is 10.7. The molecule has 31 heavy (non-hydrogen) atoms. The molecule has 2 aromatic carbocycles. The number of nitrogens with one attached hydrogen (secondary N) is 1. The molecule has 2 unspecified atom stereocenters. The molecular formula is C23H29N3O4S. The molecule has 1 N–H and O–H groups in total. The van der Waals surface area contributed by atoms with Crippen molar-refractivity contribution in [2.45, 2.75) is 44.3 Å². The van der Waals surface area contributed by atoms with Gasteiger partial charge in [0.25, 0.3) is 5.91 Å². The van der Waals surface area contributed by atoms with Gasteiger partial charge in [0.15, 0.2) is 0 Å². The highest BCUT2D eigenvalue weighted by Gasteiger charge is 2.32. The number of anilines is 2. The second-order valence-electron chi connectivity index (χ2n) is 8.23. The maximum Gasteiger partial charge on any atom is 0.255 e. The summed E-state index contributed by atoms with van der Waals surface area (Å²) in [4.78, 5) is 15.3. The third-order valence-electron chi connectivity index (χ3n) is 5.84. The molecule has 1 fully saturated rings. The minimum Gasteiger partial charge on any atom is -0.373 e. The third kappa shape index (κ3) is 4.46. The predicted octanol–water partition coefficient (Wildman–Crippen LogP) is 3.12. The van der Waals surface area contributed by atoms with Gasteiger partial charge >= 0.3 is 0 Å². The minimum absolute atomic E-state index is 0.118. The van der Waals surface area contributed by atoms with Crippen molar-refractivity contribution in [3.8, 4) is 0 Å². The number of rotatable bonds is 5. The number of fused-ring (bicyclic) bond motifs is 1. The van der Waals surface area contributed by atoms with Gasteiger partial charge in [-0.25, -0.2) is 8.42 Å². The van der Waals surface area contributed by atoms with Gasteiger partial charge in [0.05, 0.1) is 17.1 Å². The van der Waals surface area contributed by atoms with Crippen LogP contribution < -0.4 is 10.2 Å². The first-order chi connectivity index (χ1) is 14.8. The number of amides is 1. The van der Waals surface area contributed by atoms with Crippen LogP contribution in [0.2, 0.25) is 0 Å². The zero-order chi connectivity index (χ0) is 22.2. The van der Waals surface area contributed by atoms with E-state index in [2.05, 4.69) is 17.1 Å². The lowest BCUT2D eigenvalue weighted by Gasteiger charge is -2.34. The Balaban J connectivity index is 1.54. The number of sulfonamides is 1. The summed E-state index contributed by atoms with van der Waals surface area (Å²) < 4.78 is 33.4. The van der Waals surface area contributed by atoms with Gasteiger partial charge in [0, 0.05) is 43.1 Å². The van der Waals surface area contributed by atoms with Crippen LogP contribution in [0.25, 0.3) is 0 Å². The lowest BCUT2D eigenvalue weighted by Crippen LogP contribution is -2.48. The molecule has 0 radical (unpaired) electrons. The van der Waals surface area contributed by atoms with Gasteiger partial charge in [-0.2, -0.15) is 4.31 Å². The highest BCUT2D eigenvalue weighted by Crippen LogP contribution is 2.31. The van der Waals surface area contributed by atoms with E-state index in [9.17, 15) is 13.2 Å². The molecule has 4 rings (SSSR count). The van der Waals surface area contributed by atoms with Gasteiger partial charge in [-0.1, -0.05) is 12.1 Å². The third-order valence-corrected chi connectivity index (χ3v) is 7.66. The average Bonchev–Trinajstić information content (AvgIpc) is 3.15. The van der Waals surface area contributed by atoms with Gasteiger partial charge < -0.3 is 15.0 Å². The summed E-state index contributed by atoms with van der Waals surface area (Å²) >= 11 is 0. The van der Waals surface area contributed by atoms with Gasteiger partial charge in [0.1, 0.15) is 0 Å². The Morgan fingerprint density at radius 2 is 1.87 bits per heavy atom. The first kappa shape index (κ1) is 21.8. The van der Waals surface area contributed by atoms with Gasteiger partial charge in [0.2, 0.25) is 10.0 Å². The minimum atomic E-state index is -3.71. The molecule has 1 saturated heterocycles.